The number of rotatable bonds is 3. The summed E-state index contributed by atoms with van der Waals surface area (Å²) >= 11 is 0. The molecule has 1 saturated heterocycles. The molecule has 2 heterocycles. The Kier molecular flexibility index (Phi) is 5.19. The van der Waals surface area contributed by atoms with E-state index in [2.05, 4.69) is 9.97 Å². The van der Waals surface area contributed by atoms with Gasteiger partial charge in [0.15, 0.2) is 0 Å². The Labute approximate surface area is 163 Å². The molecule has 1 aromatic heterocycles. The SMILES string of the molecule is Cc1nc(-c2cc(F)ccc2C(=O)O)cc([C@@H]2CCCN2C(=O)C(C)(C)C)n1. The molecule has 0 radical (unpaired) electrons. The number of likely N-dealkylation sites (tertiary alicyclic amines) is 1. The molecule has 0 saturated carbocycles. The van der Waals surface area contributed by atoms with E-state index in [-0.39, 0.29) is 23.1 Å². The highest BCUT2D eigenvalue weighted by molar-refractivity contribution is 5.95. The summed E-state index contributed by atoms with van der Waals surface area (Å²) in [6.07, 6.45) is 1.64. The Morgan fingerprint density at radius 2 is 1.93 bits per heavy atom. The molecule has 0 spiro atoms. The van der Waals surface area contributed by atoms with Gasteiger partial charge < -0.3 is 10.0 Å². The molecule has 1 aromatic carbocycles. The Hall–Kier alpha value is -2.83. The monoisotopic (exact) mass is 385 g/mol. The summed E-state index contributed by atoms with van der Waals surface area (Å²) in [5, 5.41) is 9.45. The van der Waals surface area contributed by atoms with Gasteiger partial charge in [0.25, 0.3) is 0 Å². The summed E-state index contributed by atoms with van der Waals surface area (Å²) < 4.78 is 13.8. The lowest BCUT2D eigenvalue weighted by Crippen LogP contribution is -2.39. The van der Waals surface area contributed by atoms with Crippen LogP contribution in [0.4, 0.5) is 4.39 Å². The summed E-state index contributed by atoms with van der Waals surface area (Å²) in [5.74, 6) is -1.20. The highest BCUT2D eigenvalue weighted by Gasteiger charge is 2.36. The highest BCUT2D eigenvalue weighted by Crippen LogP contribution is 2.36. The van der Waals surface area contributed by atoms with Gasteiger partial charge in [-0.05, 0) is 44.0 Å². The van der Waals surface area contributed by atoms with Crippen molar-refractivity contribution in [2.75, 3.05) is 6.54 Å². The average Bonchev–Trinajstić information content (AvgIpc) is 3.08. The fraction of sp³-hybridized carbons (Fsp3) is 0.429. The summed E-state index contributed by atoms with van der Waals surface area (Å²) in [7, 11) is 0. The fourth-order valence-corrected chi connectivity index (χ4v) is 3.56. The van der Waals surface area contributed by atoms with Crippen LogP contribution in [0.3, 0.4) is 0 Å². The first-order valence-electron chi connectivity index (χ1n) is 9.28. The quantitative estimate of drug-likeness (QED) is 0.863. The van der Waals surface area contributed by atoms with Crippen molar-refractivity contribution in [2.45, 2.75) is 46.6 Å². The van der Waals surface area contributed by atoms with E-state index >= 15 is 0 Å². The van der Waals surface area contributed by atoms with Crippen LogP contribution < -0.4 is 0 Å². The molecule has 1 atom stereocenters. The van der Waals surface area contributed by atoms with Gasteiger partial charge in [0.1, 0.15) is 11.6 Å². The Bertz CT molecular complexity index is 937. The predicted octanol–water partition coefficient (Wildman–Crippen LogP) is 4.00. The van der Waals surface area contributed by atoms with E-state index in [1.807, 2.05) is 25.7 Å². The molecule has 2 aromatic rings. The number of carbonyl (C=O) groups excluding carboxylic acids is 1. The lowest BCUT2D eigenvalue weighted by molar-refractivity contribution is -0.140. The standard InChI is InChI=1S/C21H24FN3O3/c1-12-23-16(15-10-13(22)7-8-14(15)19(26)27)11-17(24-12)18-6-5-9-25(18)20(28)21(2,3)4/h7-8,10-11,18H,5-6,9H2,1-4H3,(H,26,27)/t18-/m0/s1. The van der Waals surface area contributed by atoms with Crippen LogP contribution in [0.25, 0.3) is 11.3 Å². The Balaban J connectivity index is 2.07. The summed E-state index contributed by atoms with van der Waals surface area (Å²) in [5.41, 5.74) is 0.657. The molecule has 1 N–H and O–H groups in total. The summed E-state index contributed by atoms with van der Waals surface area (Å²) in [6, 6.07) is 4.99. The van der Waals surface area contributed by atoms with E-state index < -0.39 is 17.2 Å². The molecular formula is C21H24FN3O3. The molecule has 1 amide bonds. The van der Waals surface area contributed by atoms with Gasteiger partial charge in [0.2, 0.25) is 5.91 Å². The van der Waals surface area contributed by atoms with Crippen LogP contribution in [0.1, 0.15) is 61.5 Å². The maximum atomic E-state index is 13.8. The van der Waals surface area contributed by atoms with E-state index in [1.54, 1.807) is 13.0 Å². The fourth-order valence-electron chi connectivity index (χ4n) is 3.56. The topological polar surface area (TPSA) is 83.4 Å². The molecule has 0 aliphatic carbocycles. The molecule has 3 rings (SSSR count). The van der Waals surface area contributed by atoms with Crippen LogP contribution >= 0.6 is 0 Å². The predicted molar refractivity (Wildman–Crippen MR) is 102 cm³/mol. The van der Waals surface area contributed by atoms with Crippen LogP contribution in [0, 0.1) is 18.2 Å². The maximum absolute atomic E-state index is 13.8. The van der Waals surface area contributed by atoms with E-state index in [9.17, 15) is 19.1 Å². The van der Waals surface area contributed by atoms with Crippen LogP contribution in [-0.4, -0.2) is 38.4 Å². The number of benzene rings is 1. The van der Waals surface area contributed by atoms with E-state index in [1.165, 1.54) is 12.1 Å². The molecule has 28 heavy (non-hydrogen) atoms. The minimum Gasteiger partial charge on any atom is -0.478 e. The van der Waals surface area contributed by atoms with Crippen molar-refractivity contribution in [1.29, 1.82) is 0 Å². The second kappa shape index (κ2) is 7.30. The number of carboxylic acid groups (broad SMARTS) is 1. The first-order chi connectivity index (χ1) is 13.1. The van der Waals surface area contributed by atoms with Gasteiger partial charge in [-0.3, -0.25) is 4.79 Å². The van der Waals surface area contributed by atoms with E-state index in [0.29, 0.717) is 23.8 Å². The summed E-state index contributed by atoms with van der Waals surface area (Å²) in [4.78, 5) is 35.1. The molecule has 0 bridgehead atoms. The normalized spacial score (nSPS) is 17.0. The third kappa shape index (κ3) is 3.88. The molecule has 6 nitrogen and oxygen atoms in total. The second-order valence-electron chi connectivity index (χ2n) is 8.13. The number of nitrogens with zero attached hydrogens (tertiary/aromatic N) is 3. The van der Waals surface area contributed by atoms with Gasteiger partial charge in [-0.25, -0.2) is 19.2 Å². The van der Waals surface area contributed by atoms with Crippen molar-refractivity contribution in [3.63, 3.8) is 0 Å². The van der Waals surface area contributed by atoms with Crippen LogP contribution in [0.5, 0.6) is 0 Å². The second-order valence-corrected chi connectivity index (χ2v) is 8.13. The zero-order chi connectivity index (χ0) is 20.6. The maximum Gasteiger partial charge on any atom is 0.336 e. The van der Waals surface area contributed by atoms with Crippen molar-refractivity contribution in [3.05, 3.63) is 47.2 Å². The number of carbonyl (C=O) groups is 2. The minimum atomic E-state index is -1.15. The van der Waals surface area contributed by atoms with Gasteiger partial charge in [-0.1, -0.05) is 20.8 Å². The van der Waals surface area contributed by atoms with Gasteiger partial charge in [-0.15, -0.1) is 0 Å². The van der Waals surface area contributed by atoms with Gasteiger partial charge in [0.05, 0.1) is 23.0 Å². The smallest absolute Gasteiger partial charge is 0.336 e. The molecule has 0 unspecified atom stereocenters. The van der Waals surface area contributed by atoms with Crippen molar-refractivity contribution in [3.8, 4) is 11.3 Å². The van der Waals surface area contributed by atoms with Gasteiger partial charge in [0, 0.05) is 17.5 Å². The Morgan fingerprint density at radius 3 is 2.57 bits per heavy atom. The number of carboxylic acids is 1. The van der Waals surface area contributed by atoms with Gasteiger partial charge >= 0.3 is 5.97 Å². The molecule has 7 heteroatoms. The largest absolute Gasteiger partial charge is 0.478 e. The lowest BCUT2D eigenvalue weighted by atomic mass is 9.94. The number of aromatic carboxylic acids is 1. The number of aromatic nitrogens is 2. The minimum absolute atomic E-state index is 0.0282. The number of halogens is 1. The third-order valence-corrected chi connectivity index (χ3v) is 4.84. The summed E-state index contributed by atoms with van der Waals surface area (Å²) in [6.45, 7) is 8.00. The number of amides is 1. The first-order valence-corrected chi connectivity index (χ1v) is 9.28. The van der Waals surface area contributed by atoms with Gasteiger partial charge in [-0.2, -0.15) is 0 Å². The third-order valence-electron chi connectivity index (χ3n) is 4.84. The highest BCUT2D eigenvalue weighted by atomic mass is 19.1. The van der Waals surface area contributed by atoms with E-state index in [4.69, 9.17) is 0 Å². The zero-order valence-electron chi connectivity index (χ0n) is 16.5. The average molecular weight is 385 g/mol. The number of hydrogen-bond acceptors (Lipinski definition) is 4. The molecule has 1 aliphatic rings. The lowest BCUT2D eigenvalue weighted by Gasteiger charge is -2.31. The van der Waals surface area contributed by atoms with E-state index in [0.717, 1.165) is 18.9 Å². The van der Waals surface area contributed by atoms with Crippen molar-refractivity contribution < 1.29 is 19.1 Å². The van der Waals surface area contributed by atoms with Crippen LogP contribution in [-0.2, 0) is 4.79 Å². The Morgan fingerprint density at radius 1 is 1.21 bits per heavy atom. The first kappa shape index (κ1) is 19.9. The van der Waals surface area contributed by atoms with Crippen molar-refractivity contribution >= 4 is 11.9 Å². The van der Waals surface area contributed by atoms with Crippen molar-refractivity contribution in [2.24, 2.45) is 5.41 Å². The number of hydrogen-bond donors (Lipinski definition) is 1. The molecule has 1 fully saturated rings. The van der Waals surface area contributed by atoms with Crippen LogP contribution in [0.15, 0.2) is 24.3 Å². The number of aryl methyl sites for hydroxylation is 1. The zero-order valence-corrected chi connectivity index (χ0v) is 16.5. The van der Waals surface area contributed by atoms with Crippen LogP contribution in [0.2, 0.25) is 0 Å². The molecule has 1 aliphatic heterocycles. The van der Waals surface area contributed by atoms with Crippen molar-refractivity contribution in [1.82, 2.24) is 14.9 Å². The molecular weight excluding hydrogens is 361 g/mol. The molecule has 148 valence electrons.